The highest BCUT2D eigenvalue weighted by Gasteiger charge is 2.02. The van der Waals surface area contributed by atoms with Crippen LogP contribution in [-0.4, -0.2) is 9.97 Å². The topological polar surface area (TPSA) is 28.7 Å². The minimum atomic E-state index is 0.664. The van der Waals surface area contributed by atoms with Crippen LogP contribution in [0.1, 0.15) is 4.88 Å². The zero-order chi connectivity index (χ0) is 9.26. The van der Waals surface area contributed by atoms with Crippen molar-refractivity contribution in [1.29, 1.82) is 0 Å². The first kappa shape index (κ1) is 8.59. The van der Waals surface area contributed by atoms with Gasteiger partial charge >= 0.3 is 0 Å². The van der Waals surface area contributed by atoms with Crippen LogP contribution in [0.2, 0.25) is 0 Å². The average molecular weight is 208 g/mol. The van der Waals surface area contributed by atoms with Crippen LogP contribution in [0, 0.1) is 11.6 Å². The van der Waals surface area contributed by atoms with Crippen LogP contribution < -0.4 is 0 Å². The van der Waals surface area contributed by atoms with Gasteiger partial charge in [0.1, 0.15) is 4.64 Å². The molecule has 0 saturated heterocycles. The molecule has 0 radical (unpaired) electrons. The number of nitrogens with one attached hydrogen (secondary N) is 1. The van der Waals surface area contributed by atoms with Gasteiger partial charge in [0.15, 0.2) is 0 Å². The Kier molecular flexibility index (Phi) is 2.24. The molecule has 4 heteroatoms. The number of H-pyrrole nitrogens is 1. The van der Waals surface area contributed by atoms with Crippen molar-refractivity contribution in [2.75, 3.05) is 0 Å². The second kappa shape index (κ2) is 3.40. The molecular weight excluding hydrogens is 200 g/mol. The zero-order valence-electron chi connectivity index (χ0n) is 7.07. The molecule has 0 fully saturated rings. The van der Waals surface area contributed by atoms with Crippen molar-refractivity contribution in [2.45, 2.75) is 6.92 Å². The fourth-order valence-electron chi connectivity index (χ4n) is 1.14. The van der Waals surface area contributed by atoms with Crippen LogP contribution in [0.3, 0.4) is 0 Å². The quantitative estimate of drug-likeness (QED) is 0.729. The summed E-state index contributed by atoms with van der Waals surface area (Å²) in [5.74, 6) is 0. The van der Waals surface area contributed by atoms with Crippen molar-refractivity contribution in [2.24, 2.45) is 0 Å². The molecule has 0 aliphatic heterocycles. The monoisotopic (exact) mass is 208 g/mol. The van der Waals surface area contributed by atoms with E-state index in [0.29, 0.717) is 4.64 Å². The standard InChI is InChI=1S/C9H8N2S2/c1-6-7(2-3-13-6)8-4-11-9(12)5-10-8/h2-5H,1H3,(H,11,12). The number of thiophene rings is 1. The molecule has 0 amide bonds. The van der Waals surface area contributed by atoms with E-state index in [2.05, 4.69) is 28.3 Å². The predicted octanol–water partition coefficient (Wildman–Crippen LogP) is 3.18. The Balaban J connectivity index is 2.53. The van der Waals surface area contributed by atoms with Gasteiger partial charge < -0.3 is 4.98 Å². The van der Waals surface area contributed by atoms with Crippen molar-refractivity contribution in [1.82, 2.24) is 9.97 Å². The maximum Gasteiger partial charge on any atom is 0.121 e. The van der Waals surface area contributed by atoms with Crippen molar-refractivity contribution < 1.29 is 0 Å². The molecule has 0 spiro atoms. The van der Waals surface area contributed by atoms with E-state index in [9.17, 15) is 0 Å². The van der Waals surface area contributed by atoms with Crippen LogP contribution in [0.25, 0.3) is 11.3 Å². The van der Waals surface area contributed by atoms with Crippen molar-refractivity contribution in [3.63, 3.8) is 0 Å². The Bertz CT molecular complexity index is 450. The SMILES string of the molecule is Cc1sccc1-c1c[nH]c(=S)cn1. The summed E-state index contributed by atoms with van der Waals surface area (Å²) in [4.78, 5) is 8.50. The highest BCUT2D eigenvalue weighted by molar-refractivity contribution is 7.71. The third-order valence-electron chi connectivity index (χ3n) is 1.81. The summed E-state index contributed by atoms with van der Waals surface area (Å²) in [5.41, 5.74) is 2.13. The molecule has 2 rings (SSSR count). The van der Waals surface area contributed by atoms with E-state index in [1.165, 1.54) is 10.4 Å². The fraction of sp³-hybridized carbons (Fsp3) is 0.111. The number of nitrogens with zero attached hydrogens (tertiary/aromatic N) is 1. The summed E-state index contributed by atoms with van der Waals surface area (Å²) in [7, 11) is 0. The molecule has 0 aliphatic rings. The van der Waals surface area contributed by atoms with Crippen LogP contribution in [0.5, 0.6) is 0 Å². The van der Waals surface area contributed by atoms with Gasteiger partial charge in [0.25, 0.3) is 0 Å². The molecule has 2 aromatic heterocycles. The van der Waals surface area contributed by atoms with Gasteiger partial charge in [-0.15, -0.1) is 11.3 Å². The Morgan fingerprint density at radius 3 is 2.92 bits per heavy atom. The number of hydrogen-bond donors (Lipinski definition) is 1. The normalized spacial score (nSPS) is 10.2. The number of aromatic amines is 1. The Morgan fingerprint density at radius 1 is 1.54 bits per heavy atom. The third-order valence-corrected chi connectivity index (χ3v) is 2.88. The molecule has 2 aromatic rings. The molecule has 0 atom stereocenters. The summed E-state index contributed by atoms with van der Waals surface area (Å²) >= 11 is 6.64. The van der Waals surface area contributed by atoms with Crippen LogP contribution in [-0.2, 0) is 0 Å². The molecule has 13 heavy (non-hydrogen) atoms. The number of aromatic nitrogens is 2. The Hall–Kier alpha value is -1.00. The van der Waals surface area contributed by atoms with E-state index in [0.717, 1.165) is 5.69 Å². The van der Waals surface area contributed by atoms with Gasteiger partial charge in [0.2, 0.25) is 0 Å². The fourth-order valence-corrected chi connectivity index (χ4v) is 1.96. The first-order valence-corrected chi connectivity index (χ1v) is 5.15. The lowest BCUT2D eigenvalue weighted by Gasteiger charge is -1.97. The van der Waals surface area contributed by atoms with Crippen LogP contribution in [0.4, 0.5) is 0 Å². The molecular formula is C9H8N2S2. The summed E-state index contributed by atoms with van der Waals surface area (Å²) in [6, 6.07) is 2.07. The molecule has 0 saturated carbocycles. The predicted molar refractivity (Wildman–Crippen MR) is 57.5 cm³/mol. The maximum atomic E-state index is 4.92. The van der Waals surface area contributed by atoms with Crippen LogP contribution >= 0.6 is 23.6 Å². The van der Waals surface area contributed by atoms with Crippen molar-refractivity contribution in [3.05, 3.63) is 33.4 Å². The van der Waals surface area contributed by atoms with Gasteiger partial charge in [-0.3, -0.25) is 4.98 Å². The molecule has 0 bridgehead atoms. The van der Waals surface area contributed by atoms with Gasteiger partial charge in [-0.1, -0.05) is 12.2 Å². The van der Waals surface area contributed by atoms with Gasteiger partial charge in [0.05, 0.1) is 11.9 Å². The lowest BCUT2D eigenvalue weighted by molar-refractivity contribution is 1.18. The number of aryl methyl sites for hydroxylation is 1. The summed E-state index contributed by atoms with van der Waals surface area (Å²) < 4.78 is 0.664. The first-order chi connectivity index (χ1) is 6.27. The van der Waals surface area contributed by atoms with Gasteiger partial charge in [-0.2, -0.15) is 0 Å². The van der Waals surface area contributed by atoms with Gasteiger partial charge in [-0.05, 0) is 18.4 Å². The molecule has 0 unspecified atom stereocenters. The maximum absolute atomic E-state index is 4.92. The zero-order valence-corrected chi connectivity index (χ0v) is 8.71. The minimum absolute atomic E-state index is 0.664. The molecule has 0 aliphatic carbocycles. The Morgan fingerprint density at radius 2 is 2.38 bits per heavy atom. The van der Waals surface area contributed by atoms with E-state index in [1.54, 1.807) is 17.5 Å². The highest BCUT2D eigenvalue weighted by Crippen LogP contribution is 2.24. The largest absolute Gasteiger partial charge is 0.350 e. The Labute approximate surface area is 85.3 Å². The average Bonchev–Trinajstić information content (AvgIpc) is 2.53. The van der Waals surface area contributed by atoms with Crippen molar-refractivity contribution >= 4 is 23.6 Å². The van der Waals surface area contributed by atoms with E-state index in [-0.39, 0.29) is 0 Å². The third kappa shape index (κ3) is 1.68. The van der Waals surface area contributed by atoms with Crippen molar-refractivity contribution in [3.8, 4) is 11.3 Å². The van der Waals surface area contributed by atoms with E-state index in [1.807, 2.05) is 6.20 Å². The van der Waals surface area contributed by atoms with E-state index < -0.39 is 0 Å². The lowest BCUT2D eigenvalue weighted by atomic mass is 10.2. The molecule has 66 valence electrons. The molecule has 1 N–H and O–H groups in total. The highest BCUT2D eigenvalue weighted by atomic mass is 32.1. The van der Waals surface area contributed by atoms with E-state index >= 15 is 0 Å². The lowest BCUT2D eigenvalue weighted by Crippen LogP contribution is -1.84. The number of rotatable bonds is 1. The first-order valence-electron chi connectivity index (χ1n) is 3.86. The van der Waals surface area contributed by atoms with E-state index in [4.69, 9.17) is 12.2 Å². The number of hydrogen-bond acceptors (Lipinski definition) is 3. The summed E-state index contributed by atoms with van der Waals surface area (Å²) in [6.07, 6.45) is 3.51. The molecule has 2 nitrogen and oxygen atoms in total. The molecule has 2 heterocycles. The second-order valence-electron chi connectivity index (χ2n) is 2.69. The van der Waals surface area contributed by atoms with Gasteiger partial charge in [0, 0.05) is 16.6 Å². The van der Waals surface area contributed by atoms with Crippen LogP contribution in [0.15, 0.2) is 23.8 Å². The second-order valence-corrected chi connectivity index (χ2v) is 4.25. The smallest absolute Gasteiger partial charge is 0.121 e. The molecule has 0 aromatic carbocycles. The summed E-state index contributed by atoms with van der Waals surface area (Å²) in [5, 5.41) is 2.06. The minimum Gasteiger partial charge on any atom is -0.350 e. The van der Waals surface area contributed by atoms with Gasteiger partial charge in [-0.25, -0.2) is 0 Å². The summed E-state index contributed by atoms with van der Waals surface area (Å²) in [6.45, 7) is 2.09.